The van der Waals surface area contributed by atoms with E-state index in [1.807, 2.05) is 11.0 Å². The van der Waals surface area contributed by atoms with Crippen molar-refractivity contribution < 1.29 is 18.0 Å². The summed E-state index contributed by atoms with van der Waals surface area (Å²) in [6.07, 6.45) is 7.88. The zero-order valence-electron chi connectivity index (χ0n) is 15.3. The number of hydrogen-bond acceptors (Lipinski definition) is 5. The molecule has 1 unspecified atom stereocenters. The molecule has 1 saturated heterocycles. The Labute approximate surface area is 164 Å². The number of hydrogen-bond donors (Lipinski definition) is 2. The van der Waals surface area contributed by atoms with Crippen LogP contribution in [0.3, 0.4) is 0 Å². The maximum atomic E-state index is 13.0. The quantitative estimate of drug-likeness (QED) is 0.752. The van der Waals surface area contributed by atoms with Crippen LogP contribution >= 0.6 is 0 Å². The van der Waals surface area contributed by atoms with Gasteiger partial charge < -0.3 is 10.6 Å². The van der Waals surface area contributed by atoms with E-state index in [1.54, 1.807) is 30.4 Å². The van der Waals surface area contributed by atoms with E-state index in [0.29, 0.717) is 24.1 Å². The Kier molecular flexibility index (Phi) is 5.15. The Balaban J connectivity index is 1.59. The maximum Gasteiger partial charge on any atom is 0.253 e. The van der Waals surface area contributed by atoms with Crippen molar-refractivity contribution in [1.29, 1.82) is 0 Å². The molecule has 1 fully saturated rings. The van der Waals surface area contributed by atoms with Crippen molar-refractivity contribution in [2.24, 2.45) is 0 Å². The Morgan fingerprint density at radius 1 is 1.18 bits per heavy atom. The number of rotatable bonds is 3. The molecular weight excluding hydrogens is 378 g/mol. The Hall–Kier alpha value is -2.71. The van der Waals surface area contributed by atoms with Gasteiger partial charge in [0.15, 0.2) is 0 Å². The van der Waals surface area contributed by atoms with Crippen LogP contribution in [-0.4, -0.2) is 49.1 Å². The maximum absolute atomic E-state index is 13.0. The van der Waals surface area contributed by atoms with Gasteiger partial charge in [0.2, 0.25) is 16.2 Å². The molecule has 1 aromatic carbocycles. The van der Waals surface area contributed by atoms with E-state index in [-0.39, 0.29) is 16.7 Å². The monoisotopic (exact) mass is 399 g/mol. The van der Waals surface area contributed by atoms with E-state index >= 15 is 0 Å². The third-order valence-electron chi connectivity index (χ3n) is 5.32. The molecular formula is C20H21N3O4S. The average molecular weight is 399 g/mol. The SMILES string of the molecule is O=C1CCc2cc(NC(=O)C3=CC=CC(=S(=O)=O)C3N3CCCC3)ccc2N1. The number of allylic oxidation sites excluding steroid dienone is 2. The highest BCUT2D eigenvalue weighted by atomic mass is 32.2. The largest absolute Gasteiger partial charge is 0.326 e. The van der Waals surface area contributed by atoms with Gasteiger partial charge >= 0.3 is 0 Å². The van der Waals surface area contributed by atoms with Gasteiger partial charge in [-0.3, -0.25) is 14.5 Å². The second-order valence-electron chi connectivity index (χ2n) is 7.14. The third-order valence-corrected chi connectivity index (χ3v) is 6.06. The van der Waals surface area contributed by atoms with E-state index in [2.05, 4.69) is 10.6 Å². The van der Waals surface area contributed by atoms with Crippen LogP contribution in [0.4, 0.5) is 11.4 Å². The second kappa shape index (κ2) is 7.73. The fourth-order valence-corrected chi connectivity index (χ4v) is 4.62. The van der Waals surface area contributed by atoms with Crippen LogP contribution in [0.1, 0.15) is 24.8 Å². The topological polar surface area (TPSA) is 95.6 Å². The Morgan fingerprint density at radius 2 is 1.96 bits per heavy atom. The van der Waals surface area contributed by atoms with Gasteiger partial charge in [0.25, 0.3) is 5.91 Å². The smallest absolute Gasteiger partial charge is 0.253 e. The molecule has 7 nitrogen and oxygen atoms in total. The summed E-state index contributed by atoms with van der Waals surface area (Å²) < 4.78 is 23.5. The van der Waals surface area contributed by atoms with E-state index in [1.165, 1.54) is 0 Å². The fourth-order valence-electron chi connectivity index (χ4n) is 3.97. The number of carbonyl (C=O) groups is 2. The summed E-state index contributed by atoms with van der Waals surface area (Å²) in [5.74, 6) is -0.324. The van der Waals surface area contributed by atoms with Crippen LogP contribution in [0.2, 0.25) is 0 Å². The first kappa shape index (κ1) is 18.6. The number of likely N-dealkylation sites (tertiary alicyclic amines) is 1. The fraction of sp³-hybridized carbons (Fsp3) is 0.350. The zero-order valence-corrected chi connectivity index (χ0v) is 16.1. The molecule has 3 aliphatic rings. The summed E-state index contributed by atoms with van der Waals surface area (Å²) in [4.78, 5) is 26.8. The standard InChI is InChI=1S/C20H21N3O4S/c24-18-9-6-13-12-14(7-8-16(13)22-18)21-20(25)15-4-3-5-17(28(26)27)19(15)23-10-1-2-11-23/h3-5,7-8,12,19H,1-2,6,9-11H2,(H,21,25)(H,22,24). The number of nitrogens with zero attached hydrogens (tertiary/aromatic N) is 1. The first-order chi connectivity index (χ1) is 13.5. The molecule has 2 N–H and O–H groups in total. The van der Waals surface area contributed by atoms with E-state index in [0.717, 1.165) is 37.2 Å². The minimum Gasteiger partial charge on any atom is -0.326 e. The van der Waals surface area contributed by atoms with Crippen LogP contribution in [0.15, 0.2) is 42.0 Å². The van der Waals surface area contributed by atoms with Crippen LogP contribution in [0.5, 0.6) is 0 Å². The van der Waals surface area contributed by atoms with Crippen molar-refractivity contribution in [1.82, 2.24) is 4.90 Å². The van der Waals surface area contributed by atoms with Gasteiger partial charge in [0.1, 0.15) is 0 Å². The molecule has 0 aromatic heterocycles. The molecule has 1 aromatic rings. The lowest BCUT2D eigenvalue weighted by Crippen LogP contribution is -2.44. The van der Waals surface area contributed by atoms with Gasteiger partial charge in [-0.15, -0.1) is 0 Å². The molecule has 0 bridgehead atoms. The highest BCUT2D eigenvalue weighted by Crippen LogP contribution is 2.27. The van der Waals surface area contributed by atoms with E-state index in [9.17, 15) is 18.0 Å². The highest BCUT2D eigenvalue weighted by molar-refractivity contribution is 7.73. The molecule has 2 aliphatic heterocycles. The van der Waals surface area contributed by atoms with Crippen molar-refractivity contribution in [3.8, 4) is 0 Å². The summed E-state index contributed by atoms with van der Waals surface area (Å²) >= 11 is 0. The van der Waals surface area contributed by atoms with Gasteiger partial charge in [-0.1, -0.05) is 12.2 Å². The van der Waals surface area contributed by atoms with Crippen LogP contribution in [0, 0.1) is 0 Å². The predicted octanol–water partition coefficient (Wildman–Crippen LogP) is 1.52. The van der Waals surface area contributed by atoms with Crippen molar-refractivity contribution in [3.63, 3.8) is 0 Å². The lowest BCUT2D eigenvalue weighted by Gasteiger charge is -2.30. The number of aryl methyl sites for hydroxylation is 1. The summed E-state index contributed by atoms with van der Waals surface area (Å²) in [7, 11) is -2.39. The lowest BCUT2D eigenvalue weighted by atomic mass is 9.96. The molecule has 28 heavy (non-hydrogen) atoms. The van der Waals surface area contributed by atoms with Gasteiger partial charge in [-0.2, -0.15) is 8.42 Å². The van der Waals surface area contributed by atoms with E-state index < -0.39 is 16.3 Å². The van der Waals surface area contributed by atoms with Crippen LogP contribution in [-0.2, 0) is 26.3 Å². The first-order valence-electron chi connectivity index (χ1n) is 9.35. The van der Waals surface area contributed by atoms with Gasteiger partial charge in [0, 0.05) is 23.4 Å². The average Bonchev–Trinajstić information content (AvgIpc) is 3.22. The van der Waals surface area contributed by atoms with Crippen molar-refractivity contribution in [2.75, 3.05) is 23.7 Å². The minimum atomic E-state index is -2.39. The lowest BCUT2D eigenvalue weighted by molar-refractivity contribution is -0.116. The Bertz CT molecular complexity index is 1030. The molecule has 8 heteroatoms. The van der Waals surface area contributed by atoms with Crippen molar-refractivity contribution in [3.05, 3.63) is 47.6 Å². The summed E-state index contributed by atoms with van der Waals surface area (Å²) in [5, 5.41) is 5.71. The summed E-state index contributed by atoms with van der Waals surface area (Å²) in [6.45, 7) is 1.53. The molecule has 0 spiro atoms. The number of carbonyl (C=O) groups excluding carboxylic acids is 2. The number of amides is 2. The predicted molar refractivity (Wildman–Crippen MR) is 108 cm³/mol. The zero-order chi connectivity index (χ0) is 19.7. The van der Waals surface area contributed by atoms with Crippen molar-refractivity contribution >= 4 is 38.3 Å². The molecule has 1 aliphatic carbocycles. The normalized spacial score (nSPS) is 21.7. The molecule has 4 rings (SSSR count). The Morgan fingerprint density at radius 3 is 2.71 bits per heavy atom. The van der Waals surface area contributed by atoms with Gasteiger partial charge in [-0.25, -0.2) is 0 Å². The number of anilines is 2. The number of fused-ring (bicyclic) bond motifs is 1. The summed E-state index contributed by atoms with van der Waals surface area (Å²) in [6, 6.07) is 4.82. The van der Waals surface area contributed by atoms with Gasteiger partial charge in [0.05, 0.1) is 10.9 Å². The third kappa shape index (κ3) is 3.65. The van der Waals surface area contributed by atoms with Gasteiger partial charge in [-0.05, 0) is 62.2 Å². The highest BCUT2D eigenvalue weighted by Gasteiger charge is 2.34. The molecule has 2 amide bonds. The number of benzene rings is 1. The molecule has 0 radical (unpaired) electrons. The van der Waals surface area contributed by atoms with E-state index in [4.69, 9.17) is 0 Å². The first-order valence-corrected chi connectivity index (χ1v) is 10.4. The van der Waals surface area contributed by atoms with Crippen LogP contribution in [0.25, 0.3) is 0 Å². The minimum absolute atomic E-state index is 0.00873. The second-order valence-corrected chi connectivity index (χ2v) is 8.08. The van der Waals surface area contributed by atoms with Crippen LogP contribution < -0.4 is 10.6 Å². The molecule has 2 heterocycles. The molecule has 0 saturated carbocycles. The summed E-state index contributed by atoms with van der Waals surface area (Å²) in [5.41, 5.74) is 2.79. The molecule has 146 valence electrons. The molecule has 1 atom stereocenters. The number of nitrogens with one attached hydrogen (secondary N) is 2. The van der Waals surface area contributed by atoms with Crippen molar-refractivity contribution in [2.45, 2.75) is 31.7 Å².